The lowest BCUT2D eigenvalue weighted by Crippen LogP contribution is -1.77. The molecule has 0 bridgehead atoms. The van der Waals surface area contributed by atoms with E-state index in [1.807, 2.05) is 18.2 Å². The van der Waals surface area contributed by atoms with Crippen molar-refractivity contribution in [2.24, 2.45) is 0 Å². The number of rotatable bonds is 3. The molecule has 2 rings (SSSR count). The summed E-state index contributed by atoms with van der Waals surface area (Å²) in [6, 6.07) is 18.6. The lowest BCUT2D eigenvalue weighted by atomic mass is 10.1. The molecule has 0 aliphatic rings. The van der Waals surface area contributed by atoms with Crippen LogP contribution in [-0.4, -0.2) is 0 Å². The minimum atomic E-state index is 1.14. The first-order chi connectivity index (χ1) is 8.79. The number of benzene rings is 2. The van der Waals surface area contributed by atoms with Gasteiger partial charge in [0.1, 0.15) is 0 Å². The smallest absolute Gasteiger partial charge is 0.0253 e. The molecule has 2 aromatic carbocycles. The van der Waals surface area contributed by atoms with Crippen molar-refractivity contribution < 1.29 is 0 Å². The fourth-order valence-electron chi connectivity index (χ4n) is 1.67. The Labute approximate surface area is 119 Å². The van der Waals surface area contributed by atoms with Crippen LogP contribution in [0, 0.1) is 0 Å². The fraction of sp³-hybridized carbons (Fsp3) is 0.294. The van der Waals surface area contributed by atoms with Gasteiger partial charge in [-0.15, -0.1) is 0 Å². The molecule has 1 heteroatoms. The summed E-state index contributed by atoms with van der Waals surface area (Å²) in [6.07, 6.45) is 4.08. The topological polar surface area (TPSA) is 0 Å². The van der Waals surface area contributed by atoms with Crippen molar-refractivity contribution in [3.05, 3.63) is 59.1 Å². The Morgan fingerprint density at radius 3 is 1.83 bits per heavy atom. The summed E-state index contributed by atoms with van der Waals surface area (Å²) < 4.78 is 1.14. The van der Waals surface area contributed by atoms with Crippen molar-refractivity contribution in [1.82, 2.24) is 0 Å². The van der Waals surface area contributed by atoms with E-state index in [2.05, 4.69) is 66.2 Å². The first-order valence-corrected chi connectivity index (χ1v) is 7.38. The molecule has 0 saturated carbocycles. The van der Waals surface area contributed by atoms with Gasteiger partial charge >= 0.3 is 0 Å². The van der Waals surface area contributed by atoms with Gasteiger partial charge in [-0.1, -0.05) is 97.6 Å². The second-order valence-electron chi connectivity index (χ2n) is 4.20. The molecule has 96 valence electrons. The molecule has 0 heterocycles. The first-order valence-electron chi connectivity index (χ1n) is 6.59. The Morgan fingerprint density at radius 1 is 0.778 bits per heavy atom. The molecule has 0 aliphatic heterocycles. The molecule has 0 unspecified atom stereocenters. The van der Waals surface area contributed by atoms with Crippen molar-refractivity contribution in [2.45, 2.75) is 33.1 Å². The molecule has 0 saturated heterocycles. The third-order valence-corrected chi connectivity index (χ3v) is 3.36. The van der Waals surface area contributed by atoms with Gasteiger partial charge in [-0.25, -0.2) is 0 Å². The molecule has 0 N–H and O–H groups in total. The molecule has 0 amide bonds. The normalized spacial score (nSPS) is 9.50. The van der Waals surface area contributed by atoms with E-state index in [1.165, 1.54) is 30.4 Å². The molecule has 0 atom stereocenters. The Hall–Kier alpha value is -1.08. The quantitative estimate of drug-likeness (QED) is 0.623. The van der Waals surface area contributed by atoms with Crippen LogP contribution in [0.4, 0.5) is 0 Å². The van der Waals surface area contributed by atoms with Crippen LogP contribution in [-0.2, 0) is 0 Å². The first kappa shape index (κ1) is 15.0. The van der Waals surface area contributed by atoms with Crippen molar-refractivity contribution >= 4 is 15.9 Å². The van der Waals surface area contributed by atoms with Crippen molar-refractivity contribution in [1.29, 1.82) is 0 Å². The monoisotopic (exact) mass is 304 g/mol. The average molecular weight is 305 g/mol. The summed E-state index contributed by atoms with van der Waals surface area (Å²) in [5.41, 5.74) is 2.48. The highest BCUT2D eigenvalue weighted by Crippen LogP contribution is 2.27. The van der Waals surface area contributed by atoms with E-state index in [1.54, 1.807) is 0 Å². The molecule has 0 aliphatic carbocycles. The summed E-state index contributed by atoms with van der Waals surface area (Å²) >= 11 is 3.53. The fourth-order valence-corrected chi connectivity index (χ4v) is 2.18. The number of hydrogen-bond donors (Lipinski definition) is 0. The standard InChI is InChI=1S/C12H9Br.C5H12/c13-12-9-5-4-8-11(12)10-6-2-1-3-7-10;1-3-5-4-2/h1-9H;3-5H2,1-2H3. The second kappa shape index (κ2) is 8.93. The zero-order chi connectivity index (χ0) is 13.2. The van der Waals surface area contributed by atoms with Gasteiger partial charge in [-0.05, 0) is 17.2 Å². The van der Waals surface area contributed by atoms with Gasteiger partial charge in [0.05, 0.1) is 0 Å². The average Bonchev–Trinajstić information content (AvgIpc) is 2.42. The van der Waals surface area contributed by atoms with Crippen LogP contribution in [0.1, 0.15) is 33.1 Å². The van der Waals surface area contributed by atoms with E-state index in [0.717, 1.165) is 4.47 Å². The van der Waals surface area contributed by atoms with Crippen LogP contribution in [0.3, 0.4) is 0 Å². The zero-order valence-corrected chi connectivity index (χ0v) is 12.8. The molecule has 0 nitrogen and oxygen atoms in total. The van der Waals surface area contributed by atoms with Crippen LogP contribution in [0.15, 0.2) is 59.1 Å². The Kier molecular flexibility index (Phi) is 7.43. The molecule has 0 fully saturated rings. The predicted molar refractivity (Wildman–Crippen MR) is 84.8 cm³/mol. The molecular weight excluding hydrogens is 284 g/mol. The van der Waals surface area contributed by atoms with Gasteiger partial charge in [0.25, 0.3) is 0 Å². The number of halogens is 1. The van der Waals surface area contributed by atoms with Crippen molar-refractivity contribution in [3.63, 3.8) is 0 Å². The second-order valence-corrected chi connectivity index (χ2v) is 5.05. The highest BCUT2D eigenvalue weighted by molar-refractivity contribution is 9.10. The van der Waals surface area contributed by atoms with Gasteiger partial charge in [0.2, 0.25) is 0 Å². The number of unbranched alkanes of at least 4 members (excludes halogenated alkanes) is 2. The molecule has 18 heavy (non-hydrogen) atoms. The van der Waals surface area contributed by atoms with Gasteiger partial charge in [0.15, 0.2) is 0 Å². The Balaban J connectivity index is 0.000000280. The highest BCUT2D eigenvalue weighted by Gasteiger charge is 1.99. The maximum atomic E-state index is 3.53. The molecule has 0 aromatic heterocycles. The SMILES string of the molecule is Brc1ccccc1-c1ccccc1.CCCCC. The molecule has 0 spiro atoms. The maximum absolute atomic E-state index is 3.53. The van der Waals surface area contributed by atoms with E-state index in [0.29, 0.717) is 0 Å². The summed E-state index contributed by atoms with van der Waals surface area (Å²) in [6.45, 7) is 4.42. The minimum Gasteiger partial charge on any atom is -0.0654 e. The molecule has 2 aromatic rings. The van der Waals surface area contributed by atoms with Gasteiger partial charge in [0, 0.05) is 4.47 Å². The maximum Gasteiger partial charge on any atom is 0.0253 e. The van der Waals surface area contributed by atoms with Crippen molar-refractivity contribution in [2.75, 3.05) is 0 Å². The van der Waals surface area contributed by atoms with E-state index in [-0.39, 0.29) is 0 Å². The lowest BCUT2D eigenvalue weighted by molar-refractivity contribution is 0.772. The van der Waals surface area contributed by atoms with Crippen LogP contribution in [0.5, 0.6) is 0 Å². The van der Waals surface area contributed by atoms with Crippen LogP contribution in [0.2, 0.25) is 0 Å². The van der Waals surface area contributed by atoms with Crippen LogP contribution in [0.25, 0.3) is 11.1 Å². The third-order valence-electron chi connectivity index (χ3n) is 2.67. The van der Waals surface area contributed by atoms with E-state index >= 15 is 0 Å². The van der Waals surface area contributed by atoms with Crippen molar-refractivity contribution in [3.8, 4) is 11.1 Å². The Bertz CT molecular complexity index is 432. The number of hydrogen-bond acceptors (Lipinski definition) is 0. The summed E-state index contributed by atoms with van der Waals surface area (Å²) in [5.74, 6) is 0. The van der Waals surface area contributed by atoms with Crippen LogP contribution >= 0.6 is 15.9 Å². The summed E-state index contributed by atoms with van der Waals surface area (Å²) in [5, 5.41) is 0. The van der Waals surface area contributed by atoms with Gasteiger partial charge in [-0.2, -0.15) is 0 Å². The Morgan fingerprint density at radius 2 is 1.33 bits per heavy atom. The molecule has 0 radical (unpaired) electrons. The van der Waals surface area contributed by atoms with E-state index in [4.69, 9.17) is 0 Å². The third kappa shape index (κ3) is 5.05. The minimum absolute atomic E-state index is 1.14. The van der Waals surface area contributed by atoms with Crippen LogP contribution < -0.4 is 0 Å². The van der Waals surface area contributed by atoms with Gasteiger partial charge in [-0.3, -0.25) is 0 Å². The highest BCUT2D eigenvalue weighted by atomic mass is 79.9. The predicted octanol–water partition coefficient (Wildman–Crippen LogP) is 6.31. The zero-order valence-electron chi connectivity index (χ0n) is 11.2. The van der Waals surface area contributed by atoms with E-state index in [9.17, 15) is 0 Å². The summed E-state index contributed by atoms with van der Waals surface area (Å²) in [4.78, 5) is 0. The summed E-state index contributed by atoms with van der Waals surface area (Å²) in [7, 11) is 0. The van der Waals surface area contributed by atoms with Gasteiger partial charge < -0.3 is 0 Å². The lowest BCUT2D eigenvalue weighted by Gasteiger charge is -2.02. The largest absolute Gasteiger partial charge is 0.0654 e. The molecular formula is C17H21Br. The van der Waals surface area contributed by atoms with E-state index < -0.39 is 0 Å².